The number of aromatic nitrogens is 3. The van der Waals surface area contributed by atoms with Gasteiger partial charge in [0.2, 0.25) is 0 Å². The van der Waals surface area contributed by atoms with E-state index < -0.39 is 0 Å². The number of fused-ring (bicyclic) bond motifs is 1. The summed E-state index contributed by atoms with van der Waals surface area (Å²) in [5.74, 6) is -0.170. The van der Waals surface area contributed by atoms with Gasteiger partial charge in [0.15, 0.2) is 0 Å². The fourth-order valence-electron chi connectivity index (χ4n) is 2.77. The minimum absolute atomic E-state index is 0.170. The molecule has 5 nitrogen and oxygen atoms in total. The van der Waals surface area contributed by atoms with E-state index in [1.165, 1.54) is 0 Å². The van der Waals surface area contributed by atoms with Crippen molar-refractivity contribution >= 4 is 34.1 Å². The van der Waals surface area contributed by atoms with Crippen molar-refractivity contribution in [1.29, 1.82) is 0 Å². The molecule has 26 heavy (non-hydrogen) atoms. The lowest BCUT2D eigenvalue weighted by Gasteiger charge is -2.09. The second kappa shape index (κ2) is 6.98. The van der Waals surface area contributed by atoms with Gasteiger partial charge in [-0.2, -0.15) is 5.10 Å². The Morgan fingerprint density at radius 2 is 1.88 bits per heavy atom. The molecule has 0 aliphatic rings. The third-order valence-electron chi connectivity index (χ3n) is 4.04. The Bertz CT molecular complexity index is 1070. The van der Waals surface area contributed by atoms with Gasteiger partial charge in [0.1, 0.15) is 0 Å². The van der Waals surface area contributed by atoms with Crippen molar-refractivity contribution in [2.45, 2.75) is 6.54 Å². The second-order valence-corrected chi connectivity index (χ2v) is 6.32. The molecule has 2 heterocycles. The van der Waals surface area contributed by atoms with Crippen LogP contribution in [0.3, 0.4) is 0 Å². The zero-order chi connectivity index (χ0) is 17.9. The minimum atomic E-state index is -0.170. The molecule has 0 saturated carbocycles. The molecule has 0 atom stereocenters. The Balaban J connectivity index is 1.51. The normalized spacial score (nSPS) is 10.8. The lowest BCUT2D eigenvalue weighted by atomic mass is 10.1. The van der Waals surface area contributed by atoms with Crippen LogP contribution in [0.5, 0.6) is 0 Å². The molecule has 0 radical (unpaired) electrons. The number of benzene rings is 2. The van der Waals surface area contributed by atoms with Crippen LogP contribution < -0.4 is 5.32 Å². The molecule has 1 N–H and O–H groups in total. The van der Waals surface area contributed by atoms with Crippen LogP contribution in [0.15, 0.2) is 73.2 Å². The highest BCUT2D eigenvalue weighted by atomic mass is 35.5. The highest BCUT2D eigenvalue weighted by molar-refractivity contribution is 6.30. The van der Waals surface area contributed by atoms with Crippen molar-refractivity contribution in [1.82, 2.24) is 14.8 Å². The monoisotopic (exact) mass is 362 g/mol. The van der Waals surface area contributed by atoms with E-state index in [-0.39, 0.29) is 5.91 Å². The third-order valence-corrected chi connectivity index (χ3v) is 4.24. The van der Waals surface area contributed by atoms with Crippen molar-refractivity contribution in [2.24, 2.45) is 0 Å². The third kappa shape index (κ3) is 3.43. The predicted octanol–water partition coefficient (Wildman–Crippen LogP) is 4.39. The molecule has 0 bridgehead atoms. The van der Waals surface area contributed by atoms with Gasteiger partial charge in [0.05, 0.1) is 29.0 Å². The maximum absolute atomic E-state index is 12.6. The smallest absolute Gasteiger partial charge is 0.255 e. The number of rotatable bonds is 4. The molecular weight excluding hydrogens is 348 g/mol. The van der Waals surface area contributed by atoms with E-state index in [0.717, 1.165) is 16.5 Å². The van der Waals surface area contributed by atoms with E-state index in [1.54, 1.807) is 35.4 Å². The quantitative estimate of drug-likeness (QED) is 0.586. The number of carbonyl (C=O) groups is 1. The molecule has 4 rings (SSSR count). The van der Waals surface area contributed by atoms with Crippen LogP contribution in [-0.4, -0.2) is 20.7 Å². The molecule has 0 fully saturated rings. The highest BCUT2D eigenvalue weighted by Crippen LogP contribution is 2.21. The first-order valence-corrected chi connectivity index (χ1v) is 8.49. The van der Waals surface area contributed by atoms with Crippen LogP contribution in [-0.2, 0) is 6.54 Å². The Labute approximate surface area is 155 Å². The number of para-hydroxylation sites is 1. The van der Waals surface area contributed by atoms with E-state index >= 15 is 0 Å². The van der Waals surface area contributed by atoms with Crippen LogP contribution >= 0.6 is 11.6 Å². The number of amides is 1. The van der Waals surface area contributed by atoms with E-state index in [1.807, 2.05) is 42.5 Å². The van der Waals surface area contributed by atoms with Crippen molar-refractivity contribution in [2.75, 3.05) is 5.32 Å². The Kier molecular flexibility index (Phi) is 4.37. The Morgan fingerprint density at radius 1 is 1.08 bits per heavy atom. The molecule has 2 aromatic carbocycles. The molecule has 6 heteroatoms. The molecule has 1 amide bonds. The largest absolute Gasteiger partial charge is 0.320 e. The molecule has 4 aromatic rings. The maximum Gasteiger partial charge on any atom is 0.255 e. The minimum Gasteiger partial charge on any atom is -0.320 e. The summed E-state index contributed by atoms with van der Waals surface area (Å²) in [5, 5.41) is 8.68. The van der Waals surface area contributed by atoms with Gasteiger partial charge in [-0.15, -0.1) is 0 Å². The summed E-state index contributed by atoms with van der Waals surface area (Å²) in [6, 6.07) is 17.0. The fraction of sp³-hybridized carbons (Fsp3) is 0.0500. The topological polar surface area (TPSA) is 59.8 Å². The number of hydrogen-bond donors (Lipinski definition) is 1. The van der Waals surface area contributed by atoms with Crippen LogP contribution in [0.4, 0.5) is 5.69 Å². The first-order chi connectivity index (χ1) is 12.7. The number of nitrogens with zero attached hydrogens (tertiary/aromatic N) is 3. The molecule has 0 unspecified atom stereocenters. The number of halogens is 1. The average molecular weight is 363 g/mol. The number of carbonyl (C=O) groups excluding carboxylic acids is 1. The summed E-state index contributed by atoms with van der Waals surface area (Å²) < 4.78 is 1.75. The standard InChI is InChI=1S/C20H15ClN4O/c21-17-11-23-25(13-17)12-14-6-8-16(9-7-14)20(26)24-18-5-1-3-15-4-2-10-22-19(15)18/h1-11,13H,12H2,(H,24,26). The molecular formula is C20H15ClN4O. The molecule has 2 aromatic heterocycles. The Hall–Kier alpha value is -3.18. The van der Waals surface area contributed by atoms with Crippen LogP contribution in [0, 0.1) is 0 Å². The summed E-state index contributed by atoms with van der Waals surface area (Å²) in [5.41, 5.74) is 3.09. The lowest BCUT2D eigenvalue weighted by molar-refractivity contribution is 0.102. The summed E-state index contributed by atoms with van der Waals surface area (Å²) in [7, 11) is 0. The van der Waals surface area contributed by atoms with Crippen LogP contribution in [0.25, 0.3) is 10.9 Å². The molecule has 0 spiro atoms. The lowest BCUT2D eigenvalue weighted by Crippen LogP contribution is -2.12. The summed E-state index contributed by atoms with van der Waals surface area (Å²) in [6.45, 7) is 0.599. The first kappa shape index (κ1) is 16.3. The average Bonchev–Trinajstić information content (AvgIpc) is 3.07. The number of nitrogens with one attached hydrogen (secondary N) is 1. The molecule has 0 saturated heterocycles. The maximum atomic E-state index is 12.6. The van der Waals surface area contributed by atoms with Gasteiger partial charge >= 0.3 is 0 Å². The van der Waals surface area contributed by atoms with E-state index in [9.17, 15) is 4.79 Å². The molecule has 0 aliphatic carbocycles. The van der Waals surface area contributed by atoms with Crippen molar-refractivity contribution < 1.29 is 4.79 Å². The number of hydrogen-bond acceptors (Lipinski definition) is 3. The summed E-state index contributed by atoms with van der Waals surface area (Å²) in [4.78, 5) is 16.9. The van der Waals surface area contributed by atoms with E-state index in [4.69, 9.17) is 11.6 Å². The number of anilines is 1. The van der Waals surface area contributed by atoms with E-state index in [0.29, 0.717) is 22.8 Å². The zero-order valence-corrected chi connectivity index (χ0v) is 14.5. The predicted molar refractivity (Wildman–Crippen MR) is 102 cm³/mol. The van der Waals surface area contributed by atoms with Crippen molar-refractivity contribution in [3.05, 3.63) is 89.3 Å². The Morgan fingerprint density at radius 3 is 2.65 bits per heavy atom. The van der Waals surface area contributed by atoms with Crippen LogP contribution in [0.2, 0.25) is 5.02 Å². The first-order valence-electron chi connectivity index (χ1n) is 8.11. The fourth-order valence-corrected chi connectivity index (χ4v) is 2.93. The van der Waals surface area contributed by atoms with Gasteiger partial charge in [-0.1, -0.05) is 41.9 Å². The van der Waals surface area contributed by atoms with Crippen molar-refractivity contribution in [3.63, 3.8) is 0 Å². The van der Waals surface area contributed by atoms with Crippen molar-refractivity contribution in [3.8, 4) is 0 Å². The van der Waals surface area contributed by atoms with Gasteiger partial charge in [-0.3, -0.25) is 14.5 Å². The van der Waals surface area contributed by atoms with Gasteiger partial charge in [-0.25, -0.2) is 0 Å². The van der Waals surface area contributed by atoms with Gasteiger partial charge < -0.3 is 5.32 Å². The summed E-state index contributed by atoms with van der Waals surface area (Å²) >= 11 is 5.87. The zero-order valence-electron chi connectivity index (χ0n) is 13.8. The van der Waals surface area contributed by atoms with Crippen LogP contribution in [0.1, 0.15) is 15.9 Å². The SMILES string of the molecule is O=C(Nc1cccc2cccnc12)c1ccc(Cn2cc(Cl)cn2)cc1. The number of pyridine rings is 1. The van der Waals surface area contributed by atoms with Gasteiger partial charge in [0.25, 0.3) is 5.91 Å². The second-order valence-electron chi connectivity index (χ2n) is 5.89. The van der Waals surface area contributed by atoms with Gasteiger partial charge in [0, 0.05) is 23.3 Å². The van der Waals surface area contributed by atoms with E-state index in [2.05, 4.69) is 15.4 Å². The summed E-state index contributed by atoms with van der Waals surface area (Å²) in [6.07, 6.45) is 5.07. The highest BCUT2D eigenvalue weighted by Gasteiger charge is 2.09. The van der Waals surface area contributed by atoms with Gasteiger partial charge in [-0.05, 0) is 29.8 Å². The molecule has 0 aliphatic heterocycles. The molecule has 128 valence electrons.